The number of pyridine rings is 1. The van der Waals surface area contributed by atoms with E-state index in [0.29, 0.717) is 47.5 Å². The van der Waals surface area contributed by atoms with Gasteiger partial charge in [-0.1, -0.05) is 6.07 Å². The van der Waals surface area contributed by atoms with Crippen LogP contribution in [0.15, 0.2) is 43.0 Å². The number of hydrogen-bond donors (Lipinski definition) is 1. The van der Waals surface area contributed by atoms with Gasteiger partial charge >= 0.3 is 6.36 Å². The smallest absolute Gasteiger partial charge is 0.406 e. The van der Waals surface area contributed by atoms with Crippen molar-refractivity contribution in [3.05, 3.63) is 59.8 Å². The number of hydrogen-bond acceptors (Lipinski definition) is 7. The number of carbonyl (C=O) groups excluding carboxylic acids is 1. The minimum absolute atomic E-state index is 0.209. The van der Waals surface area contributed by atoms with Crippen molar-refractivity contribution in [2.45, 2.75) is 24.9 Å². The van der Waals surface area contributed by atoms with Crippen LogP contribution < -0.4 is 10.5 Å². The molecule has 2 atom stereocenters. The Labute approximate surface area is 189 Å². The summed E-state index contributed by atoms with van der Waals surface area (Å²) in [6.45, 7) is 0.630. The van der Waals surface area contributed by atoms with Crippen LogP contribution in [-0.4, -0.2) is 55.8 Å². The first kappa shape index (κ1) is 20.7. The van der Waals surface area contributed by atoms with E-state index in [1.807, 2.05) is 0 Å². The van der Waals surface area contributed by atoms with Gasteiger partial charge in [-0.25, -0.2) is 15.0 Å². The van der Waals surface area contributed by atoms with Gasteiger partial charge in [-0.3, -0.25) is 9.20 Å². The second kappa shape index (κ2) is 7.29. The van der Waals surface area contributed by atoms with E-state index in [0.717, 1.165) is 5.56 Å². The molecule has 1 amide bonds. The summed E-state index contributed by atoms with van der Waals surface area (Å²) in [5.74, 6) is -0.304. The van der Waals surface area contributed by atoms with Crippen molar-refractivity contribution in [2.24, 2.45) is 0 Å². The average Bonchev–Trinajstić information content (AvgIpc) is 3.42. The van der Waals surface area contributed by atoms with Crippen molar-refractivity contribution in [3.8, 4) is 5.75 Å². The van der Waals surface area contributed by atoms with E-state index in [9.17, 15) is 18.0 Å². The SMILES string of the molecule is Nc1nc2cnc(C(=O)N3CCO[C@@H]4Cc5cc(OC(F)(F)F)ccc5[C@@H]43)cc2n2cncc12. The molecule has 0 spiro atoms. The monoisotopic (exact) mass is 470 g/mol. The first-order valence-electron chi connectivity index (χ1n) is 10.5. The number of carbonyl (C=O) groups is 1. The van der Waals surface area contributed by atoms with Crippen LogP contribution in [-0.2, 0) is 11.2 Å². The van der Waals surface area contributed by atoms with Crippen LogP contribution in [0.3, 0.4) is 0 Å². The van der Waals surface area contributed by atoms with E-state index in [1.165, 1.54) is 18.3 Å². The zero-order chi connectivity index (χ0) is 23.6. The Kier molecular flexibility index (Phi) is 4.43. The zero-order valence-corrected chi connectivity index (χ0v) is 17.5. The third-order valence-corrected chi connectivity index (χ3v) is 6.18. The molecular weight excluding hydrogens is 453 g/mol. The molecule has 1 saturated heterocycles. The van der Waals surface area contributed by atoms with E-state index in [-0.39, 0.29) is 23.5 Å². The van der Waals surface area contributed by atoms with Crippen molar-refractivity contribution in [3.63, 3.8) is 0 Å². The average molecular weight is 470 g/mol. The minimum Gasteiger partial charge on any atom is -0.406 e. The Hall–Kier alpha value is -3.93. The van der Waals surface area contributed by atoms with E-state index in [1.54, 1.807) is 34.0 Å². The molecule has 1 aliphatic heterocycles. The van der Waals surface area contributed by atoms with Gasteiger partial charge in [-0.15, -0.1) is 13.2 Å². The van der Waals surface area contributed by atoms with Crippen molar-refractivity contribution in [1.29, 1.82) is 0 Å². The van der Waals surface area contributed by atoms with Gasteiger partial charge in [0, 0.05) is 13.0 Å². The Balaban J connectivity index is 1.36. The van der Waals surface area contributed by atoms with Crippen LogP contribution >= 0.6 is 0 Å². The van der Waals surface area contributed by atoms with Crippen molar-refractivity contribution in [1.82, 2.24) is 24.3 Å². The number of nitrogens with zero attached hydrogens (tertiary/aromatic N) is 5. The van der Waals surface area contributed by atoms with Crippen LogP contribution in [0.5, 0.6) is 5.75 Å². The fourth-order valence-corrected chi connectivity index (χ4v) is 4.81. The second-order valence-electron chi connectivity index (χ2n) is 8.17. The number of morpholine rings is 1. The zero-order valence-electron chi connectivity index (χ0n) is 17.5. The number of imidazole rings is 1. The van der Waals surface area contributed by atoms with Gasteiger partial charge in [0.2, 0.25) is 0 Å². The molecule has 9 nitrogen and oxygen atoms in total. The number of nitrogens with two attached hydrogens (primary N) is 1. The highest BCUT2D eigenvalue weighted by Gasteiger charge is 2.43. The number of fused-ring (bicyclic) bond motifs is 6. The second-order valence-corrected chi connectivity index (χ2v) is 8.17. The Morgan fingerprint density at radius 3 is 2.88 bits per heavy atom. The van der Waals surface area contributed by atoms with Crippen molar-refractivity contribution < 1.29 is 27.4 Å². The molecule has 1 aliphatic carbocycles. The Morgan fingerprint density at radius 1 is 1.21 bits per heavy atom. The summed E-state index contributed by atoms with van der Waals surface area (Å²) < 4.78 is 49.5. The normalized spacial score (nSPS) is 19.9. The molecule has 1 aromatic carbocycles. The molecule has 1 fully saturated rings. The summed E-state index contributed by atoms with van der Waals surface area (Å²) in [6, 6.07) is 5.37. The summed E-state index contributed by atoms with van der Waals surface area (Å²) in [5.41, 5.74) is 9.33. The van der Waals surface area contributed by atoms with E-state index < -0.39 is 12.4 Å². The minimum atomic E-state index is -4.78. The Bertz CT molecular complexity index is 1450. The molecule has 12 heteroatoms. The third-order valence-electron chi connectivity index (χ3n) is 6.18. The van der Waals surface area contributed by atoms with Gasteiger partial charge in [0.05, 0.1) is 43.0 Å². The van der Waals surface area contributed by atoms with Crippen molar-refractivity contribution >= 4 is 28.3 Å². The molecule has 4 heterocycles. The standard InChI is InChI=1S/C22H17F3N6O3/c23-22(24,25)34-12-1-2-13-11(5-12)6-18-19(13)30(3-4-33-18)21(32)14-7-16-15(8-28-14)29-20(26)17-9-27-10-31(16)17/h1-2,5,7-10,18-19H,3-4,6H2,(H2,26,29)/t18-,19+/m1/s1. The van der Waals surface area contributed by atoms with Gasteiger partial charge in [-0.2, -0.15) is 0 Å². The lowest BCUT2D eigenvalue weighted by atomic mass is 10.0. The van der Waals surface area contributed by atoms with Gasteiger partial charge in [0.25, 0.3) is 5.91 Å². The molecule has 3 aromatic heterocycles. The van der Waals surface area contributed by atoms with Crippen molar-refractivity contribution in [2.75, 3.05) is 18.9 Å². The molecule has 0 saturated carbocycles. The topological polar surface area (TPSA) is 108 Å². The maximum absolute atomic E-state index is 13.6. The van der Waals surface area contributed by atoms with Gasteiger partial charge in [0.15, 0.2) is 0 Å². The lowest BCUT2D eigenvalue weighted by Crippen LogP contribution is -2.46. The predicted octanol–water partition coefficient (Wildman–Crippen LogP) is 2.90. The largest absolute Gasteiger partial charge is 0.573 e. The predicted molar refractivity (Wildman–Crippen MR) is 113 cm³/mol. The third kappa shape index (κ3) is 3.29. The summed E-state index contributed by atoms with van der Waals surface area (Å²) in [5, 5.41) is 0. The van der Waals surface area contributed by atoms with Crippen LogP contribution in [0, 0.1) is 0 Å². The molecule has 34 heavy (non-hydrogen) atoms. The number of ether oxygens (including phenoxy) is 2. The molecule has 0 radical (unpaired) electrons. The molecule has 6 rings (SSSR count). The number of benzene rings is 1. The summed E-state index contributed by atoms with van der Waals surface area (Å²) >= 11 is 0. The highest BCUT2D eigenvalue weighted by molar-refractivity contribution is 5.96. The number of rotatable bonds is 2. The van der Waals surface area contributed by atoms with E-state index in [2.05, 4.69) is 19.7 Å². The molecule has 2 aliphatic rings. The molecule has 4 aromatic rings. The number of amides is 1. The number of anilines is 1. The molecule has 0 unspecified atom stereocenters. The first-order valence-corrected chi connectivity index (χ1v) is 10.5. The summed E-state index contributed by atoms with van der Waals surface area (Å²) in [4.78, 5) is 28.0. The summed E-state index contributed by atoms with van der Waals surface area (Å²) in [7, 11) is 0. The van der Waals surface area contributed by atoms with E-state index >= 15 is 0 Å². The number of aromatic nitrogens is 4. The van der Waals surface area contributed by atoms with Crippen LogP contribution in [0.1, 0.15) is 27.7 Å². The van der Waals surface area contributed by atoms with Gasteiger partial charge in [-0.05, 0) is 29.3 Å². The summed E-state index contributed by atoms with van der Waals surface area (Å²) in [6.07, 6.45) is -0.107. The quantitative estimate of drug-likeness (QED) is 0.480. The maximum Gasteiger partial charge on any atom is 0.573 e. The molecule has 174 valence electrons. The fourth-order valence-electron chi connectivity index (χ4n) is 4.81. The lowest BCUT2D eigenvalue weighted by molar-refractivity contribution is -0.274. The molecular formula is C22H17F3N6O3. The number of halogens is 3. The molecule has 2 N–H and O–H groups in total. The maximum atomic E-state index is 13.6. The van der Waals surface area contributed by atoms with Crippen LogP contribution in [0.2, 0.25) is 0 Å². The Morgan fingerprint density at radius 2 is 2.06 bits per heavy atom. The fraction of sp³-hybridized carbons (Fsp3) is 0.273. The number of alkyl halides is 3. The van der Waals surface area contributed by atoms with E-state index in [4.69, 9.17) is 10.5 Å². The number of nitrogen functional groups attached to an aromatic ring is 1. The highest BCUT2D eigenvalue weighted by Crippen LogP contribution is 2.42. The van der Waals surface area contributed by atoms with Crippen LogP contribution in [0.25, 0.3) is 16.6 Å². The van der Waals surface area contributed by atoms with Crippen LogP contribution in [0.4, 0.5) is 19.0 Å². The first-order chi connectivity index (χ1) is 16.3. The highest BCUT2D eigenvalue weighted by atomic mass is 19.4. The van der Waals surface area contributed by atoms with Gasteiger partial charge < -0.3 is 20.1 Å². The van der Waals surface area contributed by atoms with Gasteiger partial charge in [0.1, 0.15) is 28.3 Å². The lowest BCUT2D eigenvalue weighted by Gasteiger charge is -2.38. The molecule has 0 bridgehead atoms.